The van der Waals surface area contributed by atoms with Gasteiger partial charge in [-0.05, 0) is 61.6 Å². The highest BCUT2D eigenvalue weighted by atomic mass is 35.5. The molecule has 0 aromatic heterocycles. The highest BCUT2D eigenvalue weighted by Gasteiger charge is 2.24. The van der Waals surface area contributed by atoms with E-state index in [1.807, 2.05) is 62.6 Å². The molecule has 32 heavy (non-hydrogen) atoms. The number of carbonyl (C=O) groups is 2. The van der Waals surface area contributed by atoms with Crippen molar-refractivity contribution in [2.75, 3.05) is 33.7 Å². The summed E-state index contributed by atoms with van der Waals surface area (Å²) in [5.41, 5.74) is 7.03. The molecule has 5 nitrogen and oxygen atoms in total. The zero-order valence-electron chi connectivity index (χ0n) is 18.2. The summed E-state index contributed by atoms with van der Waals surface area (Å²) in [6, 6.07) is 18.8. The first-order valence-corrected chi connectivity index (χ1v) is 11.2. The summed E-state index contributed by atoms with van der Waals surface area (Å²) < 4.78 is 0. The Labute approximate surface area is 198 Å². The molecule has 0 heterocycles. The molecule has 0 saturated heterocycles. The summed E-state index contributed by atoms with van der Waals surface area (Å²) in [5, 5.41) is 2.74. The molecule has 7 heteroatoms. The molecule has 3 rings (SSSR count). The zero-order valence-corrected chi connectivity index (χ0v) is 19.7. The highest BCUT2D eigenvalue weighted by molar-refractivity contribution is 6.42. The molecule has 0 aliphatic rings. The van der Waals surface area contributed by atoms with Gasteiger partial charge in [0.2, 0.25) is 5.91 Å². The second-order valence-corrected chi connectivity index (χ2v) is 8.96. The molecular formula is C25H27Cl2N3O2. The molecule has 0 saturated carbocycles. The second kappa shape index (κ2) is 10.8. The Morgan fingerprint density at radius 1 is 0.969 bits per heavy atom. The molecule has 2 N–H and O–H groups in total. The number of hydrogen-bond donors (Lipinski definition) is 1. The number of nitrogens with two attached hydrogens (primary N) is 1. The summed E-state index contributed by atoms with van der Waals surface area (Å²) in [5.74, 6) is -0.833. The van der Waals surface area contributed by atoms with Crippen LogP contribution >= 0.6 is 23.2 Å². The van der Waals surface area contributed by atoms with Crippen LogP contribution in [-0.4, -0.2) is 55.3 Å². The van der Waals surface area contributed by atoms with E-state index in [9.17, 15) is 9.59 Å². The molecule has 3 aromatic rings. The number of carbonyl (C=O) groups excluding carboxylic acids is 2. The van der Waals surface area contributed by atoms with E-state index in [4.69, 9.17) is 28.9 Å². The average molecular weight is 472 g/mol. The summed E-state index contributed by atoms with van der Waals surface area (Å²) in [6.07, 6.45) is 0.767. The number of halogens is 2. The van der Waals surface area contributed by atoms with Crippen molar-refractivity contribution in [2.24, 2.45) is 5.73 Å². The lowest BCUT2D eigenvalue weighted by Gasteiger charge is -2.28. The van der Waals surface area contributed by atoms with Gasteiger partial charge in [0.1, 0.15) is 0 Å². The fourth-order valence-electron chi connectivity index (χ4n) is 3.80. The Balaban J connectivity index is 1.97. The first-order valence-electron chi connectivity index (χ1n) is 10.4. The summed E-state index contributed by atoms with van der Waals surface area (Å²) in [6.45, 7) is 0.969. The van der Waals surface area contributed by atoms with Crippen LogP contribution in [0.25, 0.3) is 10.8 Å². The van der Waals surface area contributed by atoms with E-state index in [0.29, 0.717) is 22.2 Å². The Morgan fingerprint density at radius 2 is 1.69 bits per heavy atom. The van der Waals surface area contributed by atoms with Crippen molar-refractivity contribution in [3.63, 3.8) is 0 Å². The number of hydrogen-bond acceptors (Lipinski definition) is 3. The molecule has 168 valence electrons. The van der Waals surface area contributed by atoms with Crippen LogP contribution in [0.4, 0.5) is 0 Å². The van der Waals surface area contributed by atoms with Crippen LogP contribution in [0.3, 0.4) is 0 Å². The lowest BCUT2D eigenvalue weighted by Crippen LogP contribution is -2.41. The summed E-state index contributed by atoms with van der Waals surface area (Å²) >= 11 is 12.4. The van der Waals surface area contributed by atoms with Gasteiger partial charge >= 0.3 is 0 Å². The first kappa shape index (κ1) is 24.1. The van der Waals surface area contributed by atoms with E-state index >= 15 is 0 Å². The maximum atomic E-state index is 13.6. The van der Waals surface area contributed by atoms with Crippen molar-refractivity contribution < 1.29 is 9.59 Å². The average Bonchev–Trinajstić information content (AvgIpc) is 2.76. The van der Waals surface area contributed by atoms with Crippen molar-refractivity contribution in [1.82, 2.24) is 9.80 Å². The van der Waals surface area contributed by atoms with E-state index in [1.165, 1.54) is 4.90 Å². The second-order valence-electron chi connectivity index (χ2n) is 8.14. The minimum Gasteiger partial charge on any atom is -0.368 e. The van der Waals surface area contributed by atoms with E-state index in [1.54, 1.807) is 12.1 Å². The Bertz CT molecular complexity index is 1110. The fourth-order valence-corrected chi connectivity index (χ4v) is 4.11. The maximum Gasteiger partial charge on any atom is 0.254 e. The molecule has 2 amide bonds. The van der Waals surface area contributed by atoms with Gasteiger partial charge in [0.15, 0.2) is 0 Å². The third kappa shape index (κ3) is 6.00. The summed E-state index contributed by atoms with van der Waals surface area (Å²) in [7, 11) is 3.99. The molecule has 0 fully saturated rings. The van der Waals surface area contributed by atoms with Gasteiger partial charge in [0, 0.05) is 18.0 Å². The van der Waals surface area contributed by atoms with E-state index < -0.39 is 5.91 Å². The lowest BCUT2D eigenvalue weighted by molar-refractivity contribution is -0.118. The molecule has 1 atom stereocenters. The third-order valence-corrected chi connectivity index (χ3v) is 6.17. The van der Waals surface area contributed by atoms with Gasteiger partial charge in [-0.15, -0.1) is 0 Å². The van der Waals surface area contributed by atoms with Gasteiger partial charge in [0.25, 0.3) is 5.91 Å². The highest BCUT2D eigenvalue weighted by Crippen LogP contribution is 2.30. The quantitative estimate of drug-likeness (QED) is 0.486. The molecular weight excluding hydrogens is 445 g/mol. The van der Waals surface area contributed by atoms with Crippen LogP contribution in [0.1, 0.15) is 28.3 Å². The third-order valence-electron chi connectivity index (χ3n) is 5.43. The molecule has 0 aliphatic heterocycles. The number of benzene rings is 3. The van der Waals surface area contributed by atoms with Gasteiger partial charge in [-0.1, -0.05) is 65.7 Å². The molecule has 3 aromatic carbocycles. The van der Waals surface area contributed by atoms with E-state index in [2.05, 4.69) is 4.90 Å². The monoisotopic (exact) mass is 471 g/mol. The largest absolute Gasteiger partial charge is 0.368 e. The van der Waals surface area contributed by atoms with E-state index in [-0.39, 0.29) is 18.4 Å². The first-order chi connectivity index (χ1) is 15.3. The molecule has 0 radical (unpaired) electrons. The van der Waals surface area contributed by atoms with E-state index in [0.717, 1.165) is 29.3 Å². The lowest BCUT2D eigenvalue weighted by atomic mass is 9.94. The molecule has 0 spiro atoms. The number of amides is 2. The Morgan fingerprint density at radius 3 is 2.38 bits per heavy atom. The predicted octanol–water partition coefficient (Wildman–Crippen LogP) is 4.81. The number of nitrogens with zero attached hydrogens (tertiary/aromatic N) is 2. The predicted molar refractivity (Wildman–Crippen MR) is 131 cm³/mol. The normalized spacial score (nSPS) is 12.2. The fraction of sp³-hybridized carbons (Fsp3) is 0.280. The van der Waals surface area contributed by atoms with Crippen LogP contribution < -0.4 is 5.73 Å². The van der Waals surface area contributed by atoms with Gasteiger partial charge in [-0.25, -0.2) is 0 Å². The van der Waals surface area contributed by atoms with Gasteiger partial charge in [-0.3, -0.25) is 9.59 Å². The maximum absolute atomic E-state index is 13.6. The van der Waals surface area contributed by atoms with Crippen molar-refractivity contribution in [3.8, 4) is 0 Å². The van der Waals surface area contributed by atoms with Crippen molar-refractivity contribution in [1.29, 1.82) is 0 Å². The zero-order chi connectivity index (χ0) is 23.3. The van der Waals surface area contributed by atoms with Crippen LogP contribution in [-0.2, 0) is 4.79 Å². The summed E-state index contributed by atoms with van der Waals surface area (Å²) in [4.78, 5) is 29.1. The van der Waals surface area contributed by atoms with Crippen LogP contribution in [0, 0.1) is 0 Å². The smallest absolute Gasteiger partial charge is 0.254 e. The van der Waals surface area contributed by atoms with Crippen LogP contribution in [0.15, 0.2) is 60.7 Å². The minimum atomic E-state index is -0.556. The van der Waals surface area contributed by atoms with Crippen molar-refractivity contribution in [3.05, 3.63) is 81.8 Å². The number of primary amides is 1. The van der Waals surface area contributed by atoms with Gasteiger partial charge in [-0.2, -0.15) is 0 Å². The molecule has 0 bridgehead atoms. The number of fused-ring (bicyclic) bond motifs is 1. The van der Waals surface area contributed by atoms with Crippen molar-refractivity contribution in [2.45, 2.75) is 12.3 Å². The van der Waals surface area contributed by atoms with Gasteiger partial charge < -0.3 is 15.5 Å². The Kier molecular flexibility index (Phi) is 8.13. The van der Waals surface area contributed by atoms with Crippen molar-refractivity contribution >= 4 is 45.8 Å². The SMILES string of the molecule is CN(C)CC[C@H](CN(CC(N)=O)C(=O)c1cccc2ccccc12)c1ccc(Cl)c(Cl)c1. The minimum absolute atomic E-state index is 0.0505. The Hall–Kier alpha value is -2.60. The standard InChI is InChI=1S/C25H27Cl2N3O2/c1-29(2)13-12-19(18-10-11-22(26)23(27)14-18)15-30(16-24(28)31)25(32)21-9-5-7-17-6-3-4-8-20(17)21/h3-11,14,19H,12-13,15-16H2,1-2H3,(H2,28,31)/t19-/m1/s1. The van der Waals surface area contributed by atoms with Gasteiger partial charge in [0.05, 0.1) is 16.6 Å². The van der Waals surface area contributed by atoms with Crippen LogP contribution in [0.5, 0.6) is 0 Å². The molecule has 0 aliphatic carbocycles. The topological polar surface area (TPSA) is 66.6 Å². The van der Waals surface area contributed by atoms with Crippen LogP contribution in [0.2, 0.25) is 10.0 Å². The molecule has 0 unspecified atom stereocenters. The number of rotatable bonds is 9.